The number of benzene rings is 2. The summed E-state index contributed by atoms with van der Waals surface area (Å²) in [7, 11) is 1.52. The Morgan fingerprint density at radius 1 is 0.850 bits per heavy atom. The molecule has 0 N–H and O–H groups in total. The molecule has 0 bridgehead atoms. The minimum absolute atomic E-state index is 0.000823. The van der Waals surface area contributed by atoms with Crippen LogP contribution in [0.2, 0.25) is 0 Å². The maximum atomic E-state index is 13.5. The lowest BCUT2D eigenvalue weighted by Gasteiger charge is -2.42. The Labute approximate surface area is 235 Å². The van der Waals surface area contributed by atoms with Crippen LogP contribution in [0.15, 0.2) is 71.2 Å². The Morgan fingerprint density at radius 3 is 2.02 bits per heavy atom. The smallest absolute Gasteiger partial charge is 0.344 e. The number of rotatable bonds is 7. The summed E-state index contributed by atoms with van der Waals surface area (Å²) in [5.41, 5.74) is 2.31. The van der Waals surface area contributed by atoms with Crippen molar-refractivity contribution >= 4 is 17.5 Å². The molecule has 0 saturated carbocycles. The minimum atomic E-state index is -0.537. The summed E-state index contributed by atoms with van der Waals surface area (Å²) in [5, 5.41) is 0. The number of carbonyl (C=O) groups excluding carboxylic acids is 3. The number of methoxy groups -OCH3 is 1. The molecule has 3 aliphatic rings. The predicted molar refractivity (Wildman–Crippen MR) is 149 cm³/mol. The molecule has 0 amide bonds. The average Bonchev–Trinajstić information content (AvgIpc) is 2.88. The molecule has 0 unspecified atom stereocenters. The molecule has 7 heteroatoms. The van der Waals surface area contributed by atoms with Gasteiger partial charge in [-0.1, -0.05) is 64.1 Å². The Bertz CT molecular complexity index is 1360. The van der Waals surface area contributed by atoms with Crippen molar-refractivity contribution in [3.8, 4) is 11.5 Å². The molecule has 2 aliphatic carbocycles. The predicted octanol–water partition coefficient (Wildman–Crippen LogP) is 6.22. The first-order chi connectivity index (χ1) is 19.0. The number of ketones is 2. The molecule has 0 atom stereocenters. The number of Topliss-reactive ketones (excluding diaryl/α,β-unsaturated/α-hetero) is 2. The third-order valence-electron chi connectivity index (χ3n) is 7.69. The molecular weight excluding hydrogens is 508 g/mol. The van der Waals surface area contributed by atoms with Crippen LogP contribution in [-0.4, -0.2) is 31.3 Å². The van der Waals surface area contributed by atoms with E-state index >= 15 is 0 Å². The van der Waals surface area contributed by atoms with Gasteiger partial charge in [0.15, 0.2) is 29.7 Å². The fraction of sp³-hybridized carbons (Fsp3) is 0.424. The Hall–Kier alpha value is -3.87. The molecule has 7 nitrogen and oxygen atoms in total. The summed E-state index contributed by atoms with van der Waals surface area (Å²) in [5.74, 6) is 1.05. The second-order valence-corrected chi connectivity index (χ2v) is 12.4. The summed E-state index contributed by atoms with van der Waals surface area (Å²) >= 11 is 0. The first kappa shape index (κ1) is 27.7. The summed E-state index contributed by atoms with van der Waals surface area (Å²) in [6.07, 6.45) is 2.02. The topological polar surface area (TPSA) is 88.1 Å². The minimum Gasteiger partial charge on any atom is -0.493 e. The summed E-state index contributed by atoms with van der Waals surface area (Å²) in [6, 6.07) is 14.7. The van der Waals surface area contributed by atoms with Crippen LogP contribution in [-0.2, 0) is 30.5 Å². The van der Waals surface area contributed by atoms with Crippen molar-refractivity contribution in [2.75, 3.05) is 13.7 Å². The van der Waals surface area contributed by atoms with Crippen molar-refractivity contribution in [2.45, 2.75) is 65.9 Å². The molecule has 1 heterocycles. The molecule has 0 radical (unpaired) electrons. The van der Waals surface area contributed by atoms with Gasteiger partial charge in [0.05, 0.1) is 7.11 Å². The van der Waals surface area contributed by atoms with Gasteiger partial charge < -0.3 is 18.9 Å². The Balaban J connectivity index is 1.43. The van der Waals surface area contributed by atoms with E-state index in [1.54, 1.807) is 12.1 Å². The van der Waals surface area contributed by atoms with Gasteiger partial charge in [-0.25, -0.2) is 4.79 Å². The normalized spacial score (nSPS) is 19.9. The fourth-order valence-electron chi connectivity index (χ4n) is 5.91. The summed E-state index contributed by atoms with van der Waals surface area (Å²) < 4.78 is 23.0. The zero-order chi connectivity index (χ0) is 28.7. The highest BCUT2D eigenvalue weighted by Crippen LogP contribution is 2.53. The number of ether oxygens (including phenoxy) is 4. The summed E-state index contributed by atoms with van der Waals surface area (Å²) in [6.45, 7) is 8.12. The highest BCUT2D eigenvalue weighted by Gasteiger charge is 2.47. The van der Waals surface area contributed by atoms with E-state index in [2.05, 4.69) is 27.7 Å². The number of allylic oxidation sites excluding steroid dienone is 4. The van der Waals surface area contributed by atoms with Crippen molar-refractivity contribution in [1.29, 1.82) is 0 Å². The van der Waals surface area contributed by atoms with Crippen LogP contribution in [0.1, 0.15) is 70.4 Å². The lowest BCUT2D eigenvalue weighted by atomic mass is 9.65. The van der Waals surface area contributed by atoms with Crippen molar-refractivity contribution in [2.24, 2.45) is 10.8 Å². The first-order valence-electron chi connectivity index (χ1n) is 13.7. The van der Waals surface area contributed by atoms with E-state index in [1.807, 2.05) is 36.4 Å². The largest absolute Gasteiger partial charge is 0.493 e. The highest BCUT2D eigenvalue weighted by atomic mass is 16.6. The molecule has 0 spiro atoms. The number of carbonyl (C=O) groups is 3. The number of hydrogen-bond donors (Lipinski definition) is 0. The average molecular weight is 545 g/mol. The number of hydrogen-bond acceptors (Lipinski definition) is 7. The van der Waals surface area contributed by atoms with E-state index in [0.29, 0.717) is 59.8 Å². The van der Waals surface area contributed by atoms with Gasteiger partial charge in [-0.05, 0) is 34.1 Å². The molecule has 40 heavy (non-hydrogen) atoms. The van der Waals surface area contributed by atoms with Gasteiger partial charge in [-0.3, -0.25) is 9.59 Å². The maximum absolute atomic E-state index is 13.5. The number of esters is 1. The maximum Gasteiger partial charge on any atom is 0.344 e. The van der Waals surface area contributed by atoms with Crippen molar-refractivity contribution < 1.29 is 33.3 Å². The summed E-state index contributed by atoms with van der Waals surface area (Å²) in [4.78, 5) is 39.3. The van der Waals surface area contributed by atoms with E-state index in [9.17, 15) is 14.4 Å². The molecule has 0 fully saturated rings. The molecule has 2 aromatic carbocycles. The lowest BCUT2D eigenvalue weighted by molar-refractivity contribution is -0.147. The van der Waals surface area contributed by atoms with Crippen LogP contribution in [0.5, 0.6) is 11.5 Å². The van der Waals surface area contributed by atoms with Crippen LogP contribution in [0.25, 0.3) is 0 Å². The van der Waals surface area contributed by atoms with E-state index in [-0.39, 0.29) is 35.6 Å². The van der Waals surface area contributed by atoms with Crippen molar-refractivity contribution in [1.82, 2.24) is 0 Å². The Morgan fingerprint density at radius 2 is 1.45 bits per heavy atom. The molecule has 210 valence electrons. The van der Waals surface area contributed by atoms with Gasteiger partial charge in [-0.15, -0.1) is 0 Å². The molecular formula is C33H36O7. The van der Waals surface area contributed by atoms with Crippen LogP contribution in [0, 0.1) is 10.8 Å². The van der Waals surface area contributed by atoms with Crippen LogP contribution in [0.3, 0.4) is 0 Å². The zero-order valence-corrected chi connectivity index (χ0v) is 23.8. The first-order valence-corrected chi connectivity index (χ1v) is 13.7. The molecule has 2 aromatic rings. The zero-order valence-electron chi connectivity index (χ0n) is 23.8. The molecule has 0 saturated heterocycles. The fourth-order valence-corrected chi connectivity index (χ4v) is 5.91. The molecule has 5 rings (SSSR count). The highest BCUT2D eigenvalue weighted by molar-refractivity contribution is 6.06. The van der Waals surface area contributed by atoms with E-state index in [1.165, 1.54) is 7.11 Å². The Kier molecular flexibility index (Phi) is 7.34. The van der Waals surface area contributed by atoms with Crippen LogP contribution in [0.4, 0.5) is 0 Å². The van der Waals surface area contributed by atoms with Crippen molar-refractivity contribution in [3.05, 3.63) is 82.3 Å². The van der Waals surface area contributed by atoms with Gasteiger partial charge in [-0.2, -0.15) is 0 Å². The second kappa shape index (κ2) is 10.6. The molecule has 1 aliphatic heterocycles. The standard InChI is InChI=1S/C33H36O7/c1-32(2)14-22(34)30-26(16-32)40-27-17-33(3,4)15-23(35)31(27)29(30)21-11-12-24(25(13-21)37-5)38-19-28(36)39-18-20-9-7-6-8-10-20/h6-13,29H,14-19H2,1-5H3. The molecule has 0 aromatic heterocycles. The third-order valence-corrected chi connectivity index (χ3v) is 7.69. The van der Waals surface area contributed by atoms with E-state index in [0.717, 1.165) is 11.1 Å². The van der Waals surface area contributed by atoms with Crippen LogP contribution < -0.4 is 9.47 Å². The third kappa shape index (κ3) is 5.69. The van der Waals surface area contributed by atoms with E-state index in [4.69, 9.17) is 18.9 Å². The van der Waals surface area contributed by atoms with Gasteiger partial charge in [0.1, 0.15) is 18.1 Å². The monoisotopic (exact) mass is 544 g/mol. The van der Waals surface area contributed by atoms with Gasteiger partial charge in [0, 0.05) is 42.7 Å². The van der Waals surface area contributed by atoms with Gasteiger partial charge in [0.25, 0.3) is 0 Å². The van der Waals surface area contributed by atoms with E-state index < -0.39 is 11.9 Å². The quantitative estimate of drug-likeness (QED) is 0.383. The SMILES string of the molecule is COc1cc(C2C3=C(CC(C)(C)CC3=O)OC3=C2C(=O)CC(C)(C)C3)ccc1OCC(=O)OCc1ccccc1. The lowest BCUT2D eigenvalue weighted by Crippen LogP contribution is -2.37. The van der Waals surface area contributed by atoms with Crippen molar-refractivity contribution in [3.63, 3.8) is 0 Å². The van der Waals surface area contributed by atoms with Crippen LogP contribution >= 0.6 is 0 Å². The van der Waals surface area contributed by atoms with Gasteiger partial charge in [0.2, 0.25) is 0 Å². The second-order valence-electron chi connectivity index (χ2n) is 12.4. The van der Waals surface area contributed by atoms with Gasteiger partial charge >= 0.3 is 5.97 Å².